The van der Waals surface area contributed by atoms with Gasteiger partial charge in [0.2, 0.25) is 0 Å². The van der Waals surface area contributed by atoms with Crippen molar-refractivity contribution in [2.75, 3.05) is 39.1 Å². The molecule has 0 fully saturated rings. The summed E-state index contributed by atoms with van der Waals surface area (Å²) in [6.45, 7) is 5.73. The molecule has 0 atom stereocenters. The molecule has 1 aromatic heterocycles. The van der Waals surface area contributed by atoms with Crippen LogP contribution in [0.2, 0.25) is 0 Å². The van der Waals surface area contributed by atoms with E-state index in [4.69, 9.17) is 4.74 Å². The second kappa shape index (κ2) is 8.77. The molecule has 0 unspecified atom stereocenters. The van der Waals surface area contributed by atoms with E-state index >= 15 is 0 Å². The van der Waals surface area contributed by atoms with Crippen molar-refractivity contribution in [3.63, 3.8) is 0 Å². The van der Waals surface area contributed by atoms with Crippen LogP contribution in [-0.2, 0) is 4.74 Å². The monoisotopic (exact) mass is 290 g/mol. The van der Waals surface area contributed by atoms with Gasteiger partial charge in [0.25, 0.3) is 0 Å². The van der Waals surface area contributed by atoms with Gasteiger partial charge in [0.1, 0.15) is 5.56 Å². The van der Waals surface area contributed by atoms with Crippen molar-refractivity contribution >= 4 is 24.2 Å². The summed E-state index contributed by atoms with van der Waals surface area (Å²) >= 11 is 0. The number of ether oxygens (including phenoxy) is 1. The second-order valence-corrected chi connectivity index (χ2v) is 4.38. The molecule has 110 valence electrons. The SMILES string of the molecule is CCOC(=O)c1c(NCCCN(C)C)n[nH]c1C.Cl. The number of aryl methyl sites for hydroxylation is 1. The molecular weight excluding hydrogens is 268 g/mol. The first-order valence-corrected chi connectivity index (χ1v) is 6.17. The van der Waals surface area contributed by atoms with Gasteiger partial charge in [-0.25, -0.2) is 4.79 Å². The van der Waals surface area contributed by atoms with Gasteiger partial charge in [0, 0.05) is 12.2 Å². The van der Waals surface area contributed by atoms with E-state index in [-0.39, 0.29) is 18.4 Å². The summed E-state index contributed by atoms with van der Waals surface area (Å²) in [5.41, 5.74) is 1.23. The highest BCUT2D eigenvalue weighted by molar-refractivity contribution is 5.95. The Labute approximate surface area is 120 Å². The molecule has 0 aliphatic carbocycles. The first-order chi connectivity index (χ1) is 8.56. The third-order valence-electron chi connectivity index (χ3n) is 2.50. The summed E-state index contributed by atoms with van der Waals surface area (Å²) in [6.07, 6.45) is 0.987. The van der Waals surface area contributed by atoms with Crippen LogP contribution in [0.15, 0.2) is 0 Å². The molecule has 1 heterocycles. The molecule has 19 heavy (non-hydrogen) atoms. The number of H-pyrrole nitrogens is 1. The first-order valence-electron chi connectivity index (χ1n) is 6.17. The topological polar surface area (TPSA) is 70.2 Å². The van der Waals surface area contributed by atoms with Crippen molar-refractivity contribution in [1.29, 1.82) is 0 Å². The molecule has 1 rings (SSSR count). The van der Waals surface area contributed by atoms with Crippen molar-refractivity contribution in [2.45, 2.75) is 20.3 Å². The zero-order valence-corrected chi connectivity index (χ0v) is 12.8. The maximum absolute atomic E-state index is 11.8. The van der Waals surface area contributed by atoms with E-state index in [1.54, 1.807) is 6.92 Å². The third-order valence-corrected chi connectivity index (χ3v) is 2.50. The smallest absolute Gasteiger partial charge is 0.343 e. The number of nitrogens with zero attached hydrogens (tertiary/aromatic N) is 2. The predicted octanol–water partition coefficient (Wildman–Crippen LogP) is 1.68. The van der Waals surface area contributed by atoms with Crippen LogP contribution in [0.5, 0.6) is 0 Å². The molecule has 0 saturated heterocycles. The highest BCUT2D eigenvalue weighted by atomic mass is 35.5. The molecule has 0 bridgehead atoms. The lowest BCUT2D eigenvalue weighted by atomic mass is 10.2. The highest BCUT2D eigenvalue weighted by Crippen LogP contribution is 2.17. The van der Waals surface area contributed by atoms with Gasteiger partial charge in [-0.15, -0.1) is 12.4 Å². The molecular formula is C12H23ClN4O2. The van der Waals surface area contributed by atoms with Crippen molar-refractivity contribution in [2.24, 2.45) is 0 Å². The van der Waals surface area contributed by atoms with E-state index in [9.17, 15) is 4.79 Å². The molecule has 0 aliphatic heterocycles. The zero-order valence-electron chi connectivity index (χ0n) is 11.9. The fourth-order valence-corrected chi connectivity index (χ4v) is 1.61. The van der Waals surface area contributed by atoms with Crippen LogP contribution < -0.4 is 5.32 Å². The summed E-state index contributed by atoms with van der Waals surface area (Å²) in [5, 5.41) is 10.0. The number of esters is 1. The lowest BCUT2D eigenvalue weighted by Crippen LogP contribution is -2.17. The minimum Gasteiger partial charge on any atom is -0.462 e. The van der Waals surface area contributed by atoms with Gasteiger partial charge in [-0.3, -0.25) is 5.10 Å². The standard InChI is InChI=1S/C12H22N4O2.ClH/c1-5-18-12(17)10-9(2)14-15-11(10)13-7-6-8-16(3)4;/h5-8H2,1-4H3,(H2,13,14,15);1H. The second-order valence-electron chi connectivity index (χ2n) is 4.38. The van der Waals surface area contributed by atoms with Crippen LogP contribution in [0.4, 0.5) is 5.82 Å². The Balaban J connectivity index is 0.00000324. The summed E-state index contributed by atoms with van der Waals surface area (Å²) in [5.74, 6) is 0.239. The lowest BCUT2D eigenvalue weighted by molar-refractivity contribution is 0.0526. The van der Waals surface area contributed by atoms with Gasteiger partial charge in [0.05, 0.1) is 6.61 Å². The van der Waals surface area contributed by atoms with E-state index in [1.165, 1.54) is 0 Å². The van der Waals surface area contributed by atoms with Gasteiger partial charge < -0.3 is 15.0 Å². The van der Waals surface area contributed by atoms with Crippen LogP contribution in [0, 0.1) is 6.92 Å². The molecule has 0 aliphatic rings. The van der Waals surface area contributed by atoms with Crippen LogP contribution >= 0.6 is 12.4 Å². The van der Waals surface area contributed by atoms with Crippen molar-refractivity contribution in [3.05, 3.63) is 11.3 Å². The fraction of sp³-hybridized carbons (Fsp3) is 0.667. The number of nitrogens with one attached hydrogen (secondary N) is 2. The number of aromatic amines is 1. The Morgan fingerprint density at radius 3 is 2.74 bits per heavy atom. The number of aromatic nitrogens is 2. The van der Waals surface area contributed by atoms with Gasteiger partial charge in [-0.1, -0.05) is 0 Å². The normalized spacial score (nSPS) is 10.2. The Bertz CT molecular complexity index is 393. The van der Waals surface area contributed by atoms with Gasteiger partial charge >= 0.3 is 5.97 Å². The quantitative estimate of drug-likeness (QED) is 0.591. The average molecular weight is 291 g/mol. The highest BCUT2D eigenvalue weighted by Gasteiger charge is 2.18. The van der Waals surface area contributed by atoms with Crippen LogP contribution in [0.25, 0.3) is 0 Å². The summed E-state index contributed by atoms with van der Waals surface area (Å²) in [4.78, 5) is 13.9. The number of halogens is 1. The van der Waals surface area contributed by atoms with Crippen LogP contribution in [0.1, 0.15) is 29.4 Å². The summed E-state index contributed by atoms with van der Waals surface area (Å²) < 4.78 is 5.01. The van der Waals surface area contributed by atoms with Crippen LogP contribution in [-0.4, -0.2) is 54.9 Å². The predicted molar refractivity (Wildman–Crippen MR) is 78.2 cm³/mol. The van der Waals surface area contributed by atoms with E-state index < -0.39 is 0 Å². The molecule has 0 radical (unpaired) electrons. The molecule has 0 amide bonds. The van der Waals surface area contributed by atoms with Crippen molar-refractivity contribution < 1.29 is 9.53 Å². The lowest BCUT2D eigenvalue weighted by Gasteiger charge is -2.10. The van der Waals surface area contributed by atoms with Gasteiger partial charge in [0.15, 0.2) is 5.82 Å². The van der Waals surface area contributed by atoms with Gasteiger partial charge in [-0.2, -0.15) is 5.10 Å². The number of hydrogen-bond donors (Lipinski definition) is 2. The Kier molecular flexibility index (Phi) is 8.18. The zero-order chi connectivity index (χ0) is 13.5. The third kappa shape index (κ3) is 5.48. The molecule has 0 saturated carbocycles. The van der Waals surface area contributed by atoms with E-state index in [2.05, 4.69) is 20.4 Å². The minimum atomic E-state index is -0.334. The number of rotatable bonds is 7. The molecule has 0 spiro atoms. The maximum atomic E-state index is 11.8. The van der Waals surface area contributed by atoms with E-state index in [0.717, 1.165) is 25.2 Å². The van der Waals surface area contributed by atoms with Crippen molar-refractivity contribution in [1.82, 2.24) is 15.1 Å². The molecule has 6 nitrogen and oxygen atoms in total. The number of hydrogen-bond acceptors (Lipinski definition) is 5. The molecule has 2 N–H and O–H groups in total. The molecule has 0 aromatic carbocycles. The van der Waals surface area contributed by atoms with E-state index in [1.807, 2.05) is 21.0 Å². The largest absolute Gasteiger partial charge is 0.462 e. The Hall–Kier alpha value is -1.27. The van der Waals surface area contributed by atoms with E-state index in [0.29, 0.717) is 18.0 Å². The number of anilines is 1. The first kappa shape index (κ1) is 17.7. The molecule has 1 aromatic rings. The Morgan fingerprint density at radius 2 is 2.16 bits per heavy atom. The van der Waals surface area contributed by atoms with Gasteiger partial charge in [-0.05, 0) is 40.9 Å². The summed E-state index contributed by atoms with van der Waals surface area (Å²) in [6, 6.07) is 0. The summed E-state index contributed by atoms with van der Waals surface area (Å²) in [7, 11) is 4.06. The Morgan fingerprint density at radius 1 is 1.47 bits per heavy atom. The number of carbonyl (C=O) groups is 1. The average Bonchev–Trinajstić information content (AvgIpc) is 2.66. The van der Waals surface area contributed by atoms with Crippen LogP contribution in [0.3, 0.4) is 0 Å². The maximum Gasteiger partial charge on any atom is 0.343 e. The fourth-order valence-electron chi connectivity index (χ4n) is 1.61. The number of carbonyl (C=O) groups excluding carboxylic acids is 1. The minimum absolute atomic E-state index is 0. The van der Waals surface area contributed by atoms with Crippen molar-refractivity contribution in [3.8, 4) is 0 Å². The molecule has 7 heteroatoms.